The minimum Gasteiger partial charge on any atom is -0.481 e. The molecule has 0 saturated carbocycles. The van der Waals surface area contributed by atoms with E-state index in [1.807, 2.05) is 24.3 Å². The fourth-order valence-electron chi connectivity index (χ4n) is 1.70. The minimum absolute atomic E-state index is 0.0782. The Kier molecular flexibility index (Phi) is 4.58. The summed E-state index contributed by atoms with van der Waals surface area (Å²) in [6.07, 6.45) is 0.530. The topological polar surface area (TPSA) is 37.3 Å². The summed E-state index contributed by atoms with van der Waals surface area (Å²) in [4.78, 5) is 12.1. The van der Waals surface area contributed by atoms with E-state index in [-0.39, 0.29) is 12.2 Å². The summed E-state index contributed by atoms with van der Waals surface area (Å²) in [5, 5.41) is 8.73. The van der Waals surface area contributed by atoms with Crippen molar-refractivity contribution in [2.75, 3.05) is 0 Å². The van der Waals surface area contributed by atoms with Crippen LogP contribution in [0.4, 0.5) is 4.39 Å². The zero-order valence-electron chi connectivity index (χ0n) is 10.2. The second-order valence-corrected chi connectivity index (χ2v) is 5.12. The highest BCUT2D eigenvalue weighted by atomic mass is 32.2. The van der Waals surface area contributed by atoms with Crippen molar-refractivity contribution in [2.24, 2.45) is 0 Å². The number of hydrogen-bond donors (Lipinski definition) is 1. The fourth-order valence-corrected chi connectivity index (χ4v) is 2.69. The van der Waals surface area contributed by atoms with Gasteiger partial charge in [-0.05, 0) is 30.2 Å². The first-order valence-electron chi connectivity index (χ1n) is 5.89. The molecule has 0 aliphatic rings. The van der Waals surface area contributed by atoms with Gasteiger partial charge in [0.1, 0.15) is 5.82 Å². The third-order valence-corrected chi connectivity index (χ3v) is 3.81. The molecule has 0 amide bonds. The molecule has 0 unspecified atom stereocenters. The maximum atomic E-state index is 13.6. The number of rotatable bonds is 5. The Hall–Kier alpha value is -1.81. The molecule has 98 valence electrons. The lowest BCUT2D eigenvalue weighted by atomic mass is 10.1. The van der Waals surface area contributed by atoms with Crippen molar-refractivity contribution in [3.05, 3.63) is 59.9 Å². The van der Waals surface area contributed by atoms with Crippen LogP contribution in [0.15, 0.2) is 58.3 Å². The fraction of sp³-hybridized carbons (Fsp3) is 0.133. The monoisotopic (exact) mass is 276 g/mol. The van der Waals surface area contributed by atoms with Gasteiger partial charge in [-0.3, -0.25) is 4.79 Å². The molecule has 2 nitrogen and oxygen atoms in total. The van der Waals surface area contributed by atoms with Crippen LogP contribution >= 0.6 is 11.8 Å². The molecular formula is C15H13FO2S. The molecule has 2 aromatic rings. The molecule has 0 atom stereocenters. The summed E-state index contributed by atoms with van der Waals surface area (Å²) in [5.41, 5.74) is 0.929. The first kappa shape index (κ1) is 13.6. The number of aryl methyl sites for hydroxylation is 1. The SMILES string of the molecule is O=C(O)CCc1ccccc1Sc1ccccc1F. The van der Waals surface area contributed by atoms with Gasteiger partial charge in [-0.2, -0.15) is 0 Å². The van der Waals surface area contributed by atoms with Crippen LogP contribution in [0.2, 0.25) is 0 Å². The summed E-state index contributed by atoms with van der Waals surface area (Å²) in [6.45, 7) is 0. The molecule has 0 bridgehead atoms. The van der Waals surface area contributed by atoms with E-state index in [9.17, 15) is 9.18 Å². The van der Waals surface area contributed by atoms with E-state index in [1.54, 1.807) is 18.2 Å². The molecule has 1 N–H and O–H groups in total. The van der Waals surface area contributed by atoms with Crippen LogP contribution in [0.3, 0.4) is 0 Å². The van der Waals surface area contributed by atoms with Gasteiger partial charge in [-0.1, -0.05) is 42.1 Å². The molecule has 2 aromatic carbocycles. The zero-order chi connectivity index (χ0) is 13.7. The Morgan fingerprint density at radius 3 is 2.37 bits per heavy atom. The van der Waals surface area contributed by atoms with Crippen LogP contribution in [0.1, 0.15) is 12.0 Å². The van der Waals surface area contributed by atoms with Gasteiger partial charge >= 0.3 is 5.97 Å². The molecule has 0 aliphatic heterocycles. The Morgan fingerprint density at radius 2 is 1.68 bits per heavy atom. The lowest BCUT2D eigenvalue weighted by Gasteiger charge is -2.08. The van der Waals surface area contributed by atoms with Crippen molar-refractivity contribution in [1.82, 2.24) is 0 Å². The summed E-state index contributed by atoms with van der Waals surface area (Å²) < 4.78 is 13.6. The van der Waals surface area contributed by atoms with Gasteiger partial charge in [0.2, 0.25) is 0 Å². The lowest BCUT2D eigenvalue weighted by Crippen LogP contribution is -1.98. The van der Waals surface area contributed by atoms with Crippen LogP contribution in [0.5, 0.6) is 0 Å². The standard InChI is InChI=1S/C15H13FO2S/c16-12-6-2-4-8-14(12)19-13-7-3-1-5-11(13)9-10-15(17)18/h1-8H,9-10H2,(H,17,18). The average Bonchev–Trinajstić information content (AvgIpc) is 2.40. The van der Waals surface area contributed by atoms with Crippen LogP contribution in [0.25, 0.3) is 0 Å². The third-order valence-electron chi connectivity index (χ3n) is 2.64. The van der Waals surface area contributed by atoms with E-state index in [2.05, 4.69) is 0 Å². The number of benzene rings is 2. The number of halogens is 1. The second kappa shape index (κ2) is 6.38. The maximum Gasteiger partial charge on any atom is 0.303 e. The van der Waals surface area contributed by atoms with E-state index in [0.717, 1.165) is 10.5 Å². The van der Waals surface area contributed by atoms with Crippen molar-refractivity contribution in [3.8, 4) is 0 Å². The maximum absolute atomic E-state index is 13.6. The summed E-state index contributed by atoms with van der Waals surface area (Å²) in [5.74, 6) is -1.09. The van der Waals surface area contributed by atoms with Crippen LogP contribution in [-0.2, 0) is 11.2 Å². The van der Waals surface area contributed by atoms with E-state index in [1.165, 1.54) is 17.8 Å². The number of carbonyl (C=O) groups is 1. The van der Waals surface area contributed by atoms with Crippen LogP contribution in [-0.4, -0.2) is 11.1 Å². The Morgan fingerprint density at radius 1 is 1.05 bits per heavy atom. The van der Waals surface area contributed by atoms with Gasteiger partial charge in [-0.15, -0.1) is 0 Å². The van der Waals surface area contributed by atoms with Gasteiger partial charge < -0.3 is 5.11 Å². The largest absolute Gasteiger partial charge is 0.481 e. The Bertz CT molecular complexity index is 584. The molecule has 0 fully saturated rings. The van der Waals surface area contributed by atoms with E-state index in [0.29, 0.717) is 11.3 Å². The van der Waals surface area contributed by atoms with Crippen molar-refractivity contribution in [2.45, 2.75) is 22.6 Å². The molecule has 0 heterocycles. The molecule has 0 radical (unpaired) electrons. The quantitative estimate of drug-likeness (QED) is 0.897. The van der Waals surface area contributed by atoms with Crippen molar-refractivity contribution < 1.29 is 14.3 Å². The molecule has 0 saturated heterocycles. The minimum atomic E-state index is -0.828. The van der Waals surface area contributed by atoms with Gasteiger partial charge in [0.05, 0.1) is 0 Å². The molecule has 0 aromatic heterocycles. The molecular weight excluding hydrogens is 263 g/mol. The predicted octanol–water partition coefficient (Wildman–Crippen LogP) is 3.99. The normalized spacial score (nSPS) is 10.4. The summed E-state index contributed by atoms with van der Waals surface area (Å²) in [7, 11) is 0. The predicted molar refractivity (Wildman–Crippen MR) is 72.9 cm³/mol. The number of carboxylic acid groups (broad SMARTS) is 1. The second-order valence-electron chi connectivity index (χ2n) is 4.03. The van der Waals surface area contributed by atoms with Crippen LogP contribution < -0.4 is 0 Å². The molecule has 2 rings (SSSR count). The molecule has 0 aliphatic carbocycles. The third kappa shape index (κ3) is 3.83. The van der Waals surface area contributed by atoms with Gasteiger partial charge in [0.25, 0.3) is 0 Å². The summed E-state index contributed by atoms with van der Waals surface area (Å²) in [6, 6.07) is 14.1. The first-order valence-corrected chi connectivity index (χ1v) is 6.70. The Balaban J connectivity index is 2.20. The van der Waals surface area contributed by atoms with E-state index < -0.39 is 5.97 Å². The van der Waals surface area contributed by atoms with Gasteiger partial charge in [-0.25, -0.2) is 4.39 Å². The highest BCUT2D eigenvalue weighted by molar-refractivity contribution is 7.99. The van der Waals surface area contributed by atoms with Gasteiger partial charge in [0.15, 0.2) is 0 Å². The van der Waals surface area contributed by atoms with Crippen molar-refractivity contribution >= 4 is 17.7 Å². The highest BCUT2D eigenvalue weighted by Crippen LogP contribution is 2.32. The number of carboxylic acids is 1. The Labute approximate surface area is 115 Å². The molecule has 4 heteroatoms. The van der Waals surface area contributed by atoms with E-state index in [4.69, 9.17) is 5.11 Å². The smallest absolute Gasteiger partial charge is 0.303 e. The number of aliphatic carboxylic acids is 1. The zero-order valence-corrected chi connectivity index (χ0v) is 11.0. The summed E-state index contributed by atoms with van der Waals surface area (Å²) >= 11 is 1.32. The molecule has 0 spiro atoms. The van der Waals surface area contributed by atoms with Crippen molar-refractivity contribution in [3.63, 3.8) is 0 Å². The van der Waals surface area contributed by atoms with Crippen LogP contribution in [0, 0.1) is 5.82 Å². The highest BCUT2D eigenvalue weighted by Gasteiger charge is 2.08. The van der Waals surface area contributed by atoms with Gasteiger partial charge in [0, 0.05) is 16.2 Å². The van der Waals surface area contributed by atoms with E-state index >= 15 is 0 Å². The first-order chi connectivity index (χ1) is 9.16. The number of hydrogen-bond acceptors (Lipinski definition) is 2. The molecule has 19 heavy (non-hydrogen) atoms. The average molecular weight is 276 g/mol. The van der Waals surface area contributed by atoms with Crippen molar-refractivity contribution in [1.29, 1.82) is 0 Å². The lowest BCUT2D eigenvalue weighted by molar-refractivity contribution is -0.136.